The summed E-state index contributed by atoms with van der Waals surface area (Å²) in [6.07, 6.45) is 1.78. The highest BCUT2D eigenvalue weighted by Gasteiger charge is 2.32. The van der Waals surface area contributed by atoms with Crippen LogP contribution < -0.4 is 10.1 Å². The zero-order valence-corrected chi connectivity index (χ0v) is 16.6. The topological polar surface area (TPSA) is 58.6 Å². The number of hydrogen-bond donors (Lipinski definition) is 1. The summed E-state index contributed by atoms with van der Waals surface area (Å²) in [6.45, 7) is 0.188. The average molecular weight is 416 g/mol. The minimum absolute atomic E-state index is 0.113. The SMILES string of the molecule is COc1ccc(NC(=O)CCN2C(=O)/C(=C\c3ccc(F)cc3)SC2=S)cc1. The molecule has 1 fully saturated rings. The van der Waals surface area contributed by atoms with E-state index in [0.29, 0.717) is 26.2 Å². The largest absolute Gasteiger partial charge is 0.497 e. The number of benzene rings is 2. The Morgan fingerprint density at radius 3 is 2.54 bits per heavy atom. The van der Waals surface area contributed by atoms with Crippen LogP contribution in [0.2, 0.25) is 0 Å². The van der Waals surface area contributed by atoms with Gasteiger partial charge in [0.05, 0.1) is 12.0 Å². The molecule has 0 spiro atoms. The Morgan fingerprint density at radius 1 is 1.21 bits per heavy atom. The van der Waals surface area contributed by atoms with E-state index in [1.54, 1.807) is 49.6 Å². The van der Waals surface area contributed by atoms with E-state index in [9.17, 15) is 14.0 Å². The summed E-state index contributed by atoms with van der Waals surface area (Å²) in [5, 5.41) is 2.77. The number of nitrogens with one attached hydrogen (secondary N) is 1. The first kappa shape index (κ1) is 20.0. The molecule has 1 heterocycles. The van der Waals surface area contributed by atoms with Crippen molar-refractivity contribution < 1.29 is 18.7 Å². The molecule has 1 saturated heterocycles. The van der Waals surface area contributed by atoms with Crippen molar-refractivity contribution in [1.29, 1.82) is 0 Å². The Balaban J connectivity index is 1.57. The van der Waals surface area contributed by atoms with Gasteiger partial charge in [-0.25, -0.2) is 4.39 Å². The number of thioether (sulfide) groups is 1. The predicted molar refractivity (Wildman–Crippen MR) is 113 cm³/mol. The molecule has 3 rings (SSSR count). The highest BCUT2D eigenvalue weighted by Crippen LogP contribution is 2.32. The number of thiocarbonyl (C=S) groups is 1. The first-order valence-corrected chi connectivity index (χ1v) is 9.63. The maximum absolute atomic E-state index is 13.0. The molecule has 0 aromatic heterocycles. The zero-order chi connectivity index (χ0) is 20.1. The fourth-order valence-corrected chi connectivity index (χ4v) is 3.82. The lowest BCUT2D eigenvalue weighted by molar-refractivity contribution is -0.122. The standard InChI is InChI=1S/C20H17FN2O3S2/c1-26-16-8-6-15(7-9-16)22-18(24)10-11-23-19(25)17(28-20(23)27)12-13-2-4-14(21)5-3-13/h2-9,12H,10-11H2,1H3,(H,22,24)/b17-12+. The van der Waals surface area contributed by atoms with Gasteiger partial charge in [0.25, 0.3) is 5.91 Å². The Labute approximate surface area is 171 Å². The van der Waals surface area contributed by atoms with Crippen molar-refractivity contribution in [2.75, 3.05) is 19.0 Å². The maximum atomic E-state index is 13.0. The molecule has 1 aliphatic heterocycles. The lowest BCUT2D eigenvalue weighted by atomic mass is 10.2. The third kappa shape index (κ3) is 4.96. The van der Waals surface area contributed by atoms with E-state index in [2.05, 4.69) is 5.32 Å². The van der Waals surface area contributed by atoms with Crippen molar-refractivity contribution in [3.05, 3.63) is 64.8 Å². The van der Waals surface area contributed by atoms with Crippen LogP contribution in [0.25, 0.3) is 6.08 Å². The number of hydrogen-bond acceptors (Lipinski definition) is 5. The monoisotopic (exact) mass is 416 g/mol. The normalized spacial score (nSPS) is 15.2. The molecule has 1 aliphatic rings. The molecular weight excluding hydrogens is 399 g/mol. The van der Waals surface area contributed by atoms with E-state index < -0.39 is 0 Å². The zero-order valence-electron chi connectivity index (χ0n) is 15.0. The number of ether oxygens (including phenoxy) is 1. The Hall–Kier alpha value is -2.71. The van der Waals surface area contributed by atoms with E-state index in [1.165, 1.54) is 28.8 Å². The summed E-state index contributed by atoms with van der Waals surface area (Å²) in [6, 6.07) is 12.8. The van der Waals surface area contributed by atoms with Crippen LogP contribution in [-0.2, 0) is 9.59 Å². The number of anilines is 1. The van der Waals surface area contributed by atoms with Crippen LogP contribution in [0.3, 0.4) is 0 Å². The van der Waals surface area contributed by atoms with E-state index in [-0.39, 0.29) is 30.6 Å². The molecule has 5 nitrogen and oxygen atoms in total. The molecule has 0 radical (unpaired) electrons. The Bertz CT molecular complexity index is 927. The minimum Gasteiger partial charge on any atom is -0.497 e. The molecule has 28 heavy (non-hydrogen) atoms. The first-order chi connectivity index (χ1) is 13.5. The number of carbonyl (C=O) groups is 2. The van der Waals surface area contributed by atoms with Crippen LogP contribution in [0.5, 0.6) is 5.75 Å². The van der Waals surface area contributed by atoms with Crippen molar-refractivity contribution in [3.63, 3.8) is 0 Å². The lowest BCUT2D eigenvalue weighted by Crippen LogP contribution is -2.31. The summed E-state index contributed by atoms with van der Waals surface area (Å²) >= 11 is 6.43. The van der Waals surface area contributed by atoms with Gasteiger partial charge in [0.1, 0.15) is 15.9 Å². The molecular formula is C20H17FN2O3S2. The second kappa shape index (κ2) is 8.99. The highest BCUT2D eigenvalue weighted by atomic mass is 32.2. The molecule has 1 N–H and O–H groups in total. The Morgan fingerprint density at radius 2 is 1.89 bits per heavy atom. The van der Waals surface area contributed by atoms with Crippen LogP contribution in [0, 0.1) is 5.82 Å². The average Bonchev–Trinajstić information content (AvgIpc) is 2.95. The van der Waals surface area contributed by atoms with Crippen LogP contribution in [0.1, 0.15) is 12.0 Å². The summed E-state index contributed by atoms with van der Waals surface area (Å²) in [5.41, 5.74) is 1.35. The maximum Gasteiger partial charge on any atom is 0.266 e. The van der Waals surface area contributed by atoms with E-state index in [4.69, 9.17) is 17.0 Å². The van der Waals surface area contributed by atoms with E-state index in [1.807, 2.05) is 0 Å². The third-order valence-electron chi connectivity index (χ3n) is 3.98. The van der Waals surface area contributed by atoms with Gasteiger partial charge in [-0.15, -0.1) is 0 Å². The van der Waals surface area contributed by atoms with Crippen LogP contribution in [0.4, 0.5) is 10.1 Å². The molecule has 2 aromatic carbocycles. The smallest absolute Gasteiger partial charge is 0.266 e. The number of amides is 2. The van der Waals surface area contributed by atoms with Gasteiger partial charge >= 0.3 is 0 Å². The van der Waals surface area contributed by atoms with Crippen LogP contribution in [-0.4, -0.2) is 34.7 Å². The molecule has 0 saturated carbocycles. The van der Waals surface area contributed by atoms with Crippen LogP contribution >= 0.6 is 24.0 Å². The van der Waals surface area contributed by atoms with Gasteiger partial charge in [-0.05, 0) is 48.0 Å². The van der Waals surface area contributed by atoms with Crippen molar-refractivity contribution in [2.24, 2.45) is 0 Å². The fourth-order valence-electron chi connectivity index (χ4n) is 2.51. The number of halogens is 1. The van der Waals surface area contributed by atoms with Gasteiger partial charge in [0.15, 0.2) is 0 Å². The van der Waals surface area contributed by atoms with Gasteiger partial charge in [-0.2, -0.15) is 0 Å². The number of carbonyl (C=O) groups excluding carboxylic acids is 2. The number of methoxy groups -OCH3 is 1. The number of rotatable bonds is 6. The van der Waals surface area contributed by atoms with Gasteiger partial charge in [-0.3, -0.25) is 14.5 Å². The summed E-state index contributed by atoms with van der Waals surface area (Å²) in [4.78, 5) is 26.6. The molecule has 8 heteroatoms. The van der Waals surface area contributed by atoms with Gasteiger partial charge in [-0.1, -0.05) is 36.1 Å². The van der Waals surface area contributed by atoms with E-state index in [0.717, 1.165) is 0 Å². The summed E-state index contributed by atoms with van der Waals surface area (Å²) < 4.78 is 18.5. The minimum atomic E-state index is -0.340. The molecule has 0 aliphatic carbocycles. The molecule has 2 amide bonds. The van der Waals surface area contributed by atoms with Crippen molar-refractivity contribution in [3.8, 4) is 5.75 Å². The molecule has 0 unspecified atom stereocenters. The molecule has 0 atom stereocenters. The summed E-state index contributed by atoms with van der Waals surface area (Å²) in [7, 11) is 1.57. The van der Waals surface area contributed by atoms with Gasteiger partial charge in [0.2, 0.25) is 5.91 Å². The first-order valence-electron chi connectivity index (χ1n) is 8.41. The molecule has 0 bridgehead atoms. The van der Waals surface area contributed by atoms with Crippen LogP contribution in [0.15, 0.2) is 53.4 Å². The molecule has 2 aromatic rings. The fraction of sp³-hybridized carbons (Fsp3) is 0.150. The van der Waals surface area contributed by atoms with E-state index >= 15 is 0 Å². The van der Waals surface area contributed by atoms with Crippen molar-refractivity contribution >= 4 is 51.9 Å². The second-order valence-electron chi connectivity index (χ2n) is 5.91. The highest BCUT2D eigenvalue weighted by molar-refractivity contribution is 8.26. The summed E-state index contributed by atoms with van der Waals surface area (Å²) in [5.74, 6) is -0.116. The van der Waals surface area contributed by atoms with Crippen molar-refractivity contribution in [2.45, 2.75) is 6.42 Å². The predicted octanol–water partition coefficient (Wildman–Crippen LogP) is 4.06. The third-order valence-corrected chi connectivity index (χ3v) is 5.36. The number of nitrogens with zero attached hydrogens (tertiary/aromatic N) is 1. The van der Waals surface area contributed by atoms with Gasteiger partial charge in [0, 0.05) is 18.7 Å². The van der Waals surface area contributed by atoms with Gasteiger partial charge < -0.3 is 10.1 Å². The Kier molecular flexibility index (Phi) is 6.43. The lowest BCUT2D eigenvalue weighted by Gasteiger charge is -2.14. The second-order valence-corrected chi connectivity index (χ2v) is 7.59. The van der Waals surface area contributed by atoms with Crippen molar-refractivity contribution in [1.82, 2.24) is 4.90 Å². The quantitative estimate of drug-likeness (QED) is 0.568. The molecule has 144 valence electrons.